The zero-order valence-electron chi connectivity index (χ0n) is 11.0. The number of rotatable bonds is 6. The molecule has 0 spiro atoms. The zero-order valence-corrected chi connectivity index (χ0v) is 11.0. The molecule has 6 nitrogen and oxygen atoms in total. The van der Waals surface area contributed by atoms with Crippen LogP contribution in [-0.2, 0) is 16.0 Å². The molecule has 0 aromatic heterocycles. The largest absolute Gasteiger partial charge is 0.480 e. The summed E-state index contributed by atoms with van der Waals surface area (Å²) in [5, 5.41) is 19.9. The van der Waals surface area contributed by atoms with Gasteiger partial charge in [-0.1, -0.05) is 30.3 Å². The summed E-state index contributed by atoms with van der Waals surface area (Å²) in [6.45, 7) is 0.551. The summed E-state index contributed by atoms with van der Waals surface area (Å²) in [5.41, 5.74) is 3.75. The van der Waals surface area contributed by atoms with Crippen LogP contribution in [0.4, 0.5) is 0 Å². The highest BCUT2D eigenvalue weighted by Crippen LogP contribution is 2.16. The van der Waals surface area contributed by atoms with E-state index in [1.165, 1.54) is 5.01 Å². The van der Waals surface area contributed by atoms with Gasteiger partial charge in [-0.3, -0.25) is 9.59 Å². The van der Waals surface area contributed by atoms with Gasteiger partial charge in [0, 0.05) is 6.54 Å². The second-order valence-corrected chi connectivity index (χ2v) is 4.90. The quantitative estimate of drug-likeness (QED) is 0.711. The molecule has 1 aromatic rings. The lowest BCUT2D eigenvalue weighted by molar-refractivity contribution is -0.147. The van der Waals surface area contributed by atoms with Gasteiger partial charge in [0.15, 0.2) is 0 Å². The molecule has 0 saturated carbocycles. The fourth-order valence-electron chi connectivity index (χ4n) is 2.42. The standard InChI is InChI=1S/C14H18N2O4/c17-13(18)11(9-10-5-2-1-3-6-10)15-16-8-4-7-12(16)14(19)20/h1-3,5-6,11-12,15H,4,7-9H2,(H,17,18)(H,19,20)/t11-,12-/m0/s1. The zero-order chi connectivity index (χ0) is 14.5. The second kappa shape index (κ2) is 6.49. The summed E-state index contributed by atoms with van der Waals surface area (Å²) in [4.78, 5) is 22.4. The number of carbonyl (C=O) groups is 2. The van der Waals surface area contributed by atoms with Gasteiger partial charge in [-0.15, -0.1) is 0 Å². The van der Waals surface area contributed by atoms with E-state index in [0.717, 1.165) is 12.0 Å². The highest BCUT2D eigenvalue weighted by molar-refractivity contribution is 5.75. The molecule has 0 radical (unpaired) electrons. The van der Waals surface area contributed by atoms with Crippen LogP contribution in [0.5, 0.6) is 0 Å². The highest BCUT2D eigenvalue weighted by atomic mass is 16.4. The van der Waals surface area contributed by atoms with Gasteiger partial charge < -0.3 is 10.2 Å². The van der Waals surface area contributed by atoms with E-state index in [1.807, 2.05) is 30.3 Å². The number of nitrogens with one attached hydrogen (secondary N) is 1. The molecule has 2 rings (SSSR count). The van der Waals surface area contributed by atoms with Crippen LogP contribution in [-0.4, -0.2) is 45.8 Å². The van der Waals surface area contributed by atoms with E-state index >= 15 is 0 Å². The highest BCUT2D eigenvalue weighted by Gasteiger charge is 2.33. The van der Waals surface area contributed by atoms with Gasteiger partial charge in [-0.2, -0.15) is 0 Å². The molecule has 0 aliphatic carbocycles. The fourth-order valence-corrected chi connectivity index (χ4v) is 2.42. The Morgan fingerprint density at radius 1 is 1.30 bits per heavy atom. The molecule has 1 fully saturated rings. The Labute approximate surface area is 117 Å². The van der Waals surface area contributed by atoms with E-state index in [2.05, 4.69) is 5.43 Å². The molecule has 0 bridgehead atoms. The molecule has 1 aromatic carbocycles. The predicted molar refractivity (Wildman–Crippen MR) is 72.1 cm³/mol. The third-order valence-corrected chi connectivity index (χ3v) is 3.44. The Kier molecular flexibility index (Phi) is 4.70. The lowest BCUT2D eigenvalue weighted by Gasteiger charge is -2.26. The number of hydrogen-bond donors (Lipinski definition) is 3. The molecule has 1 aliphatic rings. The number of aliphatic carboxylic acids is 2. The Balaban J connectivity index is 2.02. The molecule has 0 unspecified atom stereocenters. The molecule has 20 heavy (non-hydrogen) atoms. The Morgan fingerprint density at radius 2 is 2.00 bits per heavy atom. The maximum atomic E-state index is 11.3. The number of hydrazine groups is 1. The topological polar surface area (TPSA) is 89.9 Å². The van der Waals surface area contributed by atoms with Gasteiger partial charge in [-0.25, -0.2) is 10.4 Å². The van der Waals surface area contributed by atoms with Crippen molar-refractivity contribution < 1.29 is 19.8 Å². The van der Waals surface area contributed by atoms with Gasteiger partial charge in [-0.05, 0) is 24.8 Å². The third kappa shape index (κ3) is 3.55. The van der Waals surface area contributed by atoms with Gasteiger partial charge >= 0.3 is 11.9 Å². The molecule has 3 N–H and O–H groups in total. The average molecular weight is 278 g/mol. The Hall–Kier alpha value is -1.92. The average Bonchev–Trinajstić information content (AvgIpc) is 2.87. The van der Waals surface area contributed by atoms with Crippen molar-refractivity contribution in [3.63, 3.8) is 0 Å². The van der Waals surface area contributed by atoms with Crippen molar-refractivity contribution in [2.45, 2.75) is 31.3 Å². The summed E-state index contributed by atoms with van der Waals surface area (Å²) >= 11 is 0. The van der Waals surface area contributed by atoms with Crippen LogP contribution in [0, 0.1) is 0 Å². The summed E-state index contributed by atoms with van der Waals surface area (Å²) in [5.74, 6) is -1.90. The van der Waals surface area contributed by atoms with E-state index in [-0.39, 0.29) is 0 Å². The first-order valence-corrected chi connectivity index (χ1v) is 6.60. The van der Waals surface area contributed by atoms with Crippen LogP contribution in [0.1, 0.15) is 18.4 Å². The number of carboxylic acid groups (broad SMARTS) is 2. The first kappa shape index (κ1) is 14.5. The summed E-state index contributed by atoms with van der Waals surface area (Å²) in [7, 11) is 0. The number of hydrogen-bond acceptors (Lipinski definition) is 4. The molecule has 1 aliphatic heterocycles. The monoisotopic (exact) mass is 278 g/mol. The maximum absolute atomic E-state index is 11.3. The van der Waals surface area contributed by atoms with Gasteiger partial charge in [0.1, 0.15) is 12.1 Å². The summed E-state index contributed by atoms with van der Waals surface area (Å²) < 4.78 is 0. The summed E-state index contributed by atoms with van der Waals surface area (Å²) in [6.07, 6.45) is 1.61. The van der Waals surface area contributed by atoms with Crippen molar-refractivity contribution in [2.75, 3.05) is 6.54 Å². The van der Waals surface area contributed by atoms with Gasteiger partial charge in [0.2, 0.25) is 0 Å². The van der Waals surface area contributed by atoms with Crippen LogP contribution in [0.25, 0.3) is 0 Å². The van der Waals surface area contributed by atoms with Crippen LogP contribution >= 0.6 is 0 Å². The van der Waals surface area contributed by atoms with E-state index in [0.29, 0.717) is 19.4 Å². The number of carboxylic acids is 2. The van der Waals surface area contributed by atoms with Crippen LogP contribution in [0.2, 0.25) is 0 Å². The van der Waals surface area contributed by atoms with Crippen LogP contribution < -0.4 is 5.43 Å². The molecule has 0 amide bonds. The van der Waals surface area contributed by atoms with E-state index in [4.69, 9.17) is 5.11 Å². The lowest BCUT2D eigenvalue weighted by Crippen LogP contribution is -2.53. The molecule has 1 heterocycles. The lowest BCUT2D eigenvalue weighted by atomic mass is 10.1. The Bertz CT molecular complexity index is 477. The fraction of sp³-hybridized carbons (Fsp3) is 0.429. The van der Waals surface area contributed by atoms with E-state index in [9.17, 15) is 14.7 Å². The van der Waals surface area contributed by atoms with E-state index < -0.39 is 24.0 Å². The minimum atomic E-state index is -0.982. The van der Waals surface area contributed by atoms with Gasteiger partial charge in [0.05, 0.1) is 0 Å². The molecule has 6 heteroatoms. The van der Waals surface area contributed by atoms with Crippen molar-refractivity contribution in [1.29, 1.82) is 0 Å². The number of nitrogens with zero attached hydrogens (tertiary/aromatic N) is 1. The molecule has 108 valence electrons. The third-order valence-electron chi connectivity index (χ3n) is 3.44. The number of benzene rings is 1. The molecular formula is C14H18N2O4. The minimum absolute atomic E-state index is 0.318. The summed E-state index contributed by atoms with van der Waals surface area (Å²) in [6, 6.07) is 7.82. The second-order valence-electron chi connectivity index (χ2n) is 4.90. The van der Waals surface area contributed by atoms with Crippen molar-refractivity contribution in [3.05, 3.63) is 35.9 Å². The van der Waals surface area contributed by atoms with Crippen molar-refractivity contribution in [3.8, 4) is 0 Å². The predicted octanol–water partition coefficient (Wildman–Crippen LogP) is 0.736. The van der Waals surface area contributed by atoms with Crippen molar-refractivity contribution in [1.82, 2.24) is 10.4 Å². The van der Waals surface area contributed by atoms with Crippen molar-refractivity contribution >= 4 is 11.9 Å². The van der Waals surface area contributed by atoms with Crippen LogP contribution in [0.3, 0.4) is 0 Å². The van der Waals surface area contributed by atoms with Crippen molar-refractivity contribution in [2.24, 2.45) is 0 Å². The first-order chi connectivity index (χ1) is 9.58. The molecular weight excluding hydrogens is 260 g/mol. The molecule has 1 saturated heterocycles. The normalized spacial score (nSPS) is 20.7. The van der Waals surface area contributed by atoms with Gasteiger partial charge in [0.25, 0.3) is 0 Å². The first-order valence-electron chi connectivity index (χ1n) is 6.60. The maximum Gasteiger partial charge on any atom is 0.322 e. The van der Waals surface area contributed by atoms with Crippen LogP contribution in [0.15, 0.2) is 30.3 Å². The molecule has 2 atom stereocenters. The Morgan fingerprint density at radius 3 is 2.60 bits per heavy atom. The van der Waals surface area contributed by atoms with E-state index in [1.54, 1.807) is 0 Å². The smallest absolute Gasteiger partial charge is 0.322 e. The SMILES string of the molecule is O=C(O)[C@H](Cc1ccccc1)NN1CCC[C@H]1C(=O)O. The minimum Gasteiger partial charge on any atom is -0.480 e.